The molecule has 0 aliphatic carbocycles. The van der Waals surface area contributed by atoms with E-state index in [1.807, 2.05) is 6.07 Å². The average Bonchev–Trinajstić information content (AvgIpc) is 2.09. The van der Waals surface area contributed by atoms with Crippen molar-refractivity contribution in [2.45, 2.75) is 0 Å². The monoisotopic (exact) mass is 222 g/mol. The third-order valence-corrected chi connectivity index (χ3v) is 1.90. The van der Waals surface area contributed by atoms with Crippen molar-refractivity contribution in [3.05, 3.63) is 28.2 Å². The van der Waals surface area contributed by atoms with Crippen LogP contribution in [0, 0.1) is 11.3 Å². The molecule has 0 radical (unpaired) electrons. The zero-order valence-corrected chi connectivity index (χ0v) is 7.50. The number of isocyanates is 1. The number of benzene rings is 1. The summed E-state index contributed by atoms with van der Waals surface area (Å²) in [7, 11) is 0. The Labute approximate surface area is 77.5 Å². The van der Waals surface area contributed by atoms with Crippen molar-refractivity contribution < 1.29 is 4.79 Å². The van der Waals surface area contributed by atoms with Gasteiger partial charge in [-0.2, -0.15) is 10.3 Å². The van der Waals surface area contributed by atoms with Gasteiger partial charge in [0.1, 0.15) is 11.8 Å². The first kappa shape index (κ1) is 8.66. The molecule has 1 aromatic carbocycles. The van der Waals surface area contributed by atoms with Crippen LogP contribution < -0.4 is 0 Å². The lowest BCUT2D eigenvalue weighted by Crippen LogP contribution is -1.76. The number of carbonyl (C=O) groups excluding carboxylic acids is 1. The molecule has 0 aliphatic heterocycles. The van der Waals surface area contributed by atoms with Crippen LogP contribution in [-0.2, 0) is 4.79 Å². The number of nitriles is 1. The fourth-order valence-electron chi connectivity index (χ4n) is 0.765. The molecule has 1 rings (SSSR count). The van der Waals surface area contributed by atoms with Crippen molar-refractivity contribution in [2.75, 3.05) is 0 Å². The lowest BCUT2D eigenvalue weighted by Gasteiger charge is -1.96. The Kier molecular flexibility index (Phi) is 2.76. The molecule has 0 spiro atoms. The molecular weight excluding hydrogens is 220 g/mol. The second-order valence-corrected chi connectivity index (χ2v) is 2.81. The topological polar surface area (TPSA) is 53.2 Å². The summed E-state index contributed by atoms with van der Waals surface area (Å²) >= 11 is 3.17. The lowest BCUT2D eigenvalue weighted by atomic mass is 10.2. The van der Waals surface area contributed by atoms with Crippen molar-refractivity contribution in [3.8, 4) is 6.07 Å². The van der Waals surface area contributed by atoms with Crippen LogP contribution in [0.3, 0.4) is 0 Å². The Bertz CT molecular complexity index is 389. The Morgan fingerprint density at radius 2 is 2.25 bits per heavy atom. The maximum absolute atomic E-state index is 9.97. The van der Waals surface area contributed by atoms with E-state index in [9.17, 15) is 4.79 Å². The molecule has 4 heteroatoms. The zero-order valence-electron chi connectivity index (χ0n) is 5.91. The first-order chi connectivity index (χ1) is 5.79. The molecule has 0 N–H and O–H groups in total. The first-order valence-corrected chi connectivity index (χ1v) is 3.85. The smallest absolute Gasteiger partial charge is 0.211 e. The number of aliphatic imine (C=N–C) groups is 1. The molecule has 58 valence electrons. The quantitative estimate of drug-likeness (QED) is 0.541. The van der Waals surface area contributed by atoms with Crippen LogP contribution in [0.1, 0.15) is 5.56 Å². The number of hydrogen-bond acceptors (Lipinski definition) is 3. The Hall–Kier alpha value is -1.43. The van der Waals surface area contributed by atoms with E-state index in [4.69, 9.17) is 5.26 Å². The van der Waals surface area contributed by atoms with E-state index in [0.717, 1.165) is 0 Å². The van der Waals surface area contributed by atoms with Gasteiger partial charge in [0.2, 0.25) is 6.08 Å². The average molecular weight is 223 g/mol. The molecule has 3 nitrogen and oxygen atoms in total. The summed E-state index contributed by atoms with van der Waals surface area (Å²) in [5, 5.41) is 8.61. The molecule has 0 fully saturated rings. The van der Waals surface area contributed by atoms with Gasteiger partial charge in [-0.05, 0) is 28.1 Å². The SMILES string of the molecule is N#Cc1cccc(Br)c1N=C=O. The van der Waals surface area contributed by atoms with Gasteiger partial charge in [0, 0.05) is 4.47 Å². The van der Waals surface area contributed by atoms with Gasteiger partial charge in [-0.15, -0.1) is 0 Å². The molecule has 12 heavy (non-hydrogen) atoms. The third-order valence-electron chi connectivity index (χ3n) is 1.26. The van der Waals surface area contributed by atoms with Gasteiger partial charge in [0.25, 0.3) is 0 Å². The number of hydrogen-bond donors (Lipinski definition) is 0. The highest BCUT2D eigenvalue weighted by Gasteiger charge is 2.03. The minimum absolute atomic E-state index is 0.329. The van der Waals surface area contributed by atoms with Crippen LogP contribution in [0.15, 0.2) is 27.7 Å². The molecule has 0 bridgehead atoms. The van der Waals surface area contributed by atoms with Crippen molar-refractivity contribution in [2.24, 2.45) is 4.99 Å². The highest BCUT2D eigenvalue weighted by Crippen LogP contribution is 2.27. The van der Waals surface area contributed by atoms with E-state index < -0.39 is 0 Å². The fourth-order valence-corrected chi connectivity index (χ4v) is 1.22. The van der Waals surface area contributed by atoms with Gasteiger partial charge in [-0.25, -0.2) is 4.79 Å². The van der Waals surface area contributed by atoms with E-state index in [2.05, 4.69) is 20.9 Å². The summed E-state index contributed by atoms with van der Waals surface area (Å²) in [6.45, 7) is 0. The van der Waals surface area contributed by atoms with Crippen molar-refractivity contribution in [3.63, 3.8) is 0 Å². The van der Waals surface area contributed by atoms with Gasteiger partial charge in [0.15, 0.2) is 0 Å². The number of rotatable bonds is 1. The molecule has 0 aromatic heterocycles. The minimum atomic E-state index is 0.329. The largest absolute Gasteiger partial charge is 0.240 e. The maximum atomic E-state index is 9.97. The fraction of sp³-hybridized carbons (Fsp3) is 0. The van der Waals surface area contributed by atoms with Crippen molar-refractivity contribution in [1.82, 2.24) is 0 Å². The highest BCUT2D eigenvalue weighted by molar-refractivity contribution is 9.10. The zero-order chi connectivity index (χ0) is 8.97. The van der Waals surface area contributed by atoms with Crippen molar-refractivity contribution in [1.29, 1.82) is 5.26 Å². The molecule has 0 saturated heterocycles. The van der Waals surface area contributed by atoms with Gasteiger partial charge in [-0.1, -0.05) is 6.07 Å². The Morgan fingerprint density at radius 1 is 1.50 bits per heavy atom. The predicted octanol–water partition coefficient (Wildman–Crippen LogP) is 2.29. The van der Waals surface area contributed by atoms with Gasteiger partial charge in [0.05, 0.1) is 5.56 Å². The summed E-state index contributed by atoms with van der Waals surface area (Å²) in [5.41, 5.74) is 0.683. The van der Waals surface area contributed by atoms with Crippen LogP contribution >= 0.6 is 15.9 Å². The number of para-hydroxylation sites is 1. The number of nitrogens with zero attached hydrogens (tertiary/aromatic N) is 2. The molecular formula is C8H3BrN2O. The number of halogens is 1. The van der Waals surface area contributed by atoms with Gasteiger partial charge < -0.3 is 0 Å². The van der Waals surface area contributed by atoms with E-state index in [-0.39, 0.29) is 0 Å². The molecule has 0 aliphatic rings. The van der Waals surface area contributed by atoms with Crippen LogP contribution in [0.25, 0.3) is 0 Å². The molecule has 0 atom stereocenters. The highest BCUT2D eigenvalue weighted by atomic mass is 79.9. The van der Waals surface area contributed by atoms with E-state index >= 15 is 0 Å². The molecule has 1 aromatic rings. The Balaban J connectivity index is 3.41. The van der Waals surface area contributed by atoms with Gasteiger partial charge in [-0.3, -0.25) is 0 Å². The second-order valence-electron chi connectivity index (χ2n) is 1.95. The summed E-state index contributed by atoms with van der Waals surface area (Å²) < 4.78 is 0.616. The van der Waals surface area contributed by atoms with Crippen LogP contribution in [-0.4, -0.2) is 6.08 Å². The van der Waals surface area contributed by atoms with E-state index in [1.54, 1.807) is 18.2 Å². The standard InChI is InChI=1S/C8H3BrN2O/c9-7-3-1-2-6(4-10)8(7)11-5-12/h1-3H. The van der Waals surface area contributed by atoms with Crippen molar-refractivity contribution >= 4 is 27.7 Å². The summed E-state index contributed by atoms with van der Waals surface area (Å²) in [4.78, 5) is 13.4. The third kappa shape index (κ3) is 1.59. The Morgan fingerprint density at radius 3 is 2.83 bits per heavy atom. The van der Waals surface area contributed by atoms with Gasteiger partial charge >= 0.3 is 0 Å². The van der Waals surface area contributed by atoms with E-state index in [0.29, 0.717) is 15.7 Å². The summed E-state index contributed by atoms with van der Waals surface area (Å²) in [6, 6.07) is 6.91. The van der Waals surface area contributed by atoms with Crippen LogP contribution in [0.2, 0.25) is 0 Å². The molecule has 0 heterocycles. The molecule has 0 amide bonds. The molecule has 0 unspecified atom stereocenters. The van der Waals surface area contributed by atoms with Crippen LogP contribution in [0.4, 0.5) is 5.69 Å². The summed E-state index contributed by atoms with van der Waals surface area (Å²) in [6.07, 6.45) is 1.39. The lowest BCUT2D eigenvalue weighted by molar-refractivity contribution is 0.565. The maximum Gasteiger partial charge on any atom is 0.240 e. The van der Waals surface area contributed by atoms with Crippen LogP contribution in [0.5, 0.6) is 0 Å². The second kappa shape index (κ2) is 3.82. The minimum Gasteiger partial charge on any atom is -0.211 e. The predicted molar refractivity (Wildman–Crippen MR) is 46.6 cm³/mol. The first-order valence-electron chi connectivity index (χ1n) is 3.06. The van der Waals surface area contributed by atoms with E-state index in [1.165, 1.54) is 6.08 Å². The normalized spacial score (nSPS) is 8.33. The molecule has 0 saturated carbocycles. The summed E-state index contributed by atoms with van der Waals surface area (Å²) in [5.74, 6) is 0.